The molecule has 3 rings (SSSR count). The Bertz CT molecular complexity index is 643. The van der Waals surface area contributed by atoms with Crippen LogP contribution in [0, 0.1) is 0 Å². The first-order valence-electron chi connectivity index (χ1n) is 6.33. The number of benzene rings is 1. The van der Waals surface area contributed by atoms with Crippen LogP contribution in [0.3, 0.4) is 0 Å². The summed E-state index contributed by atoms with van der Waals surface area (Å²) in [4.78, 5) is 6.60. The van der Waals surface area contributed by atoms with Crippen molar-refractivity contribution in [3.8, 4) is 0 Å². The van der Waals surface area contributed by atoms with E-state index in [0.29, 0.717) is 0 Å². The zero-order chi connectivity index (χ0) is 14.3. The molecule has 0 radical (unpaired) electrons. The normalized spacial score (nSPS) is 27.5. The maximum atomic E-state index is 11.6. The molecular weight excluding hydrogens is 360 g/mol. The fraction of sp³-hybridized carbons (Fsp3) is 0.462. The van der Waals surface area contributed by atoms with Crippen LogP contribution in [0.15, 0.2) is 33.7 Å². The Balaban J connectivity index is 1.66. The van der Waals surface area contributed by atoms with E-state index in [4.69, 9.17) is 0 Å². The number of halogens is 1. The highest BCUT2D eigenvalue weighted by atomic mass is 79.9. The number of fused-ring (bicyclic) bond motifs is 1. The van der Waals surface area contributed by atoms with Crippen LogP contribution < -0.4 is 0 Å². The zero-order valence-electron chi connectivity index (χ0n) is 11.0. The van der Waals surface area contributed by atoms with Crippen LogP contribution >= 0.6 is 27.7 Å². The molecule has 1 aromatic carbocycles. The molecule has 2 heterocycles. The smallest absolute Gasteiger partial charge is 0.159 e. The van der Waals surface area contributed by atoms with E-state index < -0.39 is 9.84 Å². The minimum atomic E-state index is -2.90. The number of nitrogens with zero attached hydrogens (tertiary/aromatic N) is 2. The minimum Gasteiger partial charge on any atom is -0.348 e. The minimum absolute atomic E-state index is 0.0346. The Morgan fingerprint density at radius 1 is 1.35 bits per heavy atom. The van der Waals surface area contributed by atoms with E-state index in [1.807, 2.05) is 24.1 Å². The Hall–Kier alpha value is -0.530. The number of aliphatic imine (C=N–C) groups is 1. The molecule has 0 aliphatic carbocycles. The van der Waals surface area contributed by atoms with E-state index >= 15 is 0 Å². The van der Waals surface area contributed by atoms with Gasteiger partial charge >= 0.3 is 0 Å². The van der Waals surface area contributed by atoms with Crippen LogP contribution in [0.5, 0.6) is 0 Å². The van der Waals surface area contributed by atoms with E-state index in [1.165, 1.54) is 5.56 Å². The second kappa shape index (κ2) is 5.35. The molecule has 1 saturated heterocycles. The lowest BCUT2D eigenvalue weighted by molar-refractivity contribution is 0.410. The van der Waals surface area contributed by atoms with Crippen LogP contribution in [-0.4, -0.2) is 49.1 Å². The summed E-state index contributed by atoms with van der Waals surface area (Å²) in [7, 11) is -0.954. The van der Waals surface area contributed by atoms with Crippen molar-refractivity contribution >= 4 is 42.7 Å². The van der Waals surface area contributed by atoms with E-state index in [2.05, 4.69) is 33.1 Å². The first kappa shape index (κ1) is 14.4. The lowest BCUT2D eigenvalue weighted by Gasteiger charge is -2.20. The summed E-state index contributed by atoms with van der Waals surface area (Å²) in [6.45, 7) is 0. The molecule has 0 aromatic heterocycles. The van der Waals surface area contributed by atoms with Gasteiger partial charge in [-0.3, -0.25) is 4.99 Å². The van der Waals surface area contributed by atoms with Crippen molar-refractivity contribution in [2.24, 2.45) is 4.99 Å². The van der Waals surface area contributed by atoms with Gasteiger partial charge in [-0.05, 0) is 17.7 Å². The predicted octanol–water partition coefficient (Wildman–Crippen LogP) is 2.15. The predicted molar refractivity (Wildman–Crippen MR) is 86.9 cm³/mol. The first-order valence-corrected chi connectivity index (χ1v) is 9.93. The zero-order valence-corrected chi connectivity index (χ0v) is 14.2. The molecule has 2 aliphatic rings. The molecule has 0 bridgehead atoms. The molecule has 0 amide bonds. The summed E-state index contributed by atoms with van der Waals surface area (Å²) < 4.78 is 24.3. The van der Waals surface area contributed by atoms with Crippen molar-refractivity contribution in [1.82, 2.24) is 4.90 Å². The number of likely N-dealkylation sites (N-methyl/N-ethyl adjacent to an activating group) is 1. The van der Waals surface area contributed by atoms with Crippen LogP contribution in [0.2, 0.25) is 0 Å². The van der Waals surface area contributed by atoms with E-state index in [0.717, 1.165) is 15.4 Å². The number of amidine groups is 1. The first-order chi connectivity index (χ1) is 9.44. The third-order valence-corrected chi connectivity index (χ3v) is 7.01. The van der Waals surface area contributed by atoms with Crippen molar-refractivity contribution in [1.29, 1.82) is 0 Å². The molecule has 2 aliphatic heterocycles. The van der Waals surface area contributed by atoms with Gasteiger partial charge in [0.25, 0.3) is 0 Å². The van der Waals surface area contributed by atoms with Crippen LogP contribution in [0.25, 0.3) is 0 Å². The average molecular weight is 375 g/mol. The SMILES string of the molecule is CN1C(SCc2ccc(Br)cc2)=N[C@H]2CS(=O)(=O)C[C@@H]21. The molecule has 0 spiro atoms. The maximum absolute atomic E-state index is 11.6. The van der Waals surface area contributed by atoms with Crippen molar-refractivity contribution in [2.75, 3.05) is 18.6 Å². The van der Waals surface area contributed by atoms with Gasteiger partial charge in [-0.15, -0.1) is 0 Å². The van der Waals surface area contributed by atoms with E-state index in [1.54, 1.807) is 11.8 Å². The van der Waals surface area contributed by atoms with Gasteiger partial charge in [-0.25, -0.2) is 8.42 Å². The van der Waals surface area contributed by atoms with Gasteiger partial charge in [0, 0.05) is 17.3 Å². The van der Waals surface area contributed by atoms with E-state index in [-0.39, 0.29) is 23.6 Å². The maximum Gasteiger partial charge on any atom is 0.159 e. The summed E-state index contributed by atoms with van der Waals surface area (Å²) in [5.74, 6) is 1.28. The molecule has 7 heteroatoms. The largest absolute Gasteiger partial charge is 0.348 e. The molecule has 0 unspecified atom stereocenters. The molecule has 4 nitrogen and oxygen atoms in total. The Morgan fingerprint density at radius 2 is 2.05 bits per heavy atom. The van der Waals surface area contributed by atoms with Gasteiger partial charge in [-0.1, -0.05) is 39.8 Å². The van der Waals surface area contributed by atoms with Crippen molar-refractivity contribution < 1.29 is 8.42 Å². The van der Waals surface area contributed by atoms with Crippen LogP contribution in [-0.2, 0) is 15.6 Å². The summed E-state index contributed by atoms with van der Waals surface area (Å²) in [5, 5.41) is 0.956. The fourth-order valence-electron chi connectivity index (χ4n) is 2.55. The van der Waals surface area contributed by atoms with Gasteiger partial charge in [0.2, 0.25) is 0 Å². The molecule has 1 aromatic rings. The lowest BCUT2D eigenvalue weighted by atomic mass is 10.2. The molecule has 20 heavy (non-hydrogen) atoms. The van der Waals surface area contributed by atoms with Crippen molar-refractivity contribution in [3.63, 3.8) is 0 Å². The number of thioether (sulfide) groups is 1. The quantitative estimate of drug-likeness (QED) is 0.795. The number of rotatable bonds is 2. The van der Waals surface area contributed by atoms with Gasteiger partial charge in [0.1, 0.15) is 0 Å². The monoisotopic (exact) mass is 374 g/mol. The van der Waals surface area contributed by atoms with Gasteiger partial charge in [-0.2, -0.15) is 0 Å². The van der Waals surface area contributed by atoms with Gasteiger partial charge < -0.3 is 4.90 Å². The topological polar surface area (TPSA) is 49.7 Å². The molecule has 0 saturated carbocycles. The van der Waals surface area contributed by atoms with Gasteiger partial charge in [0.15, 0.2) is 15.0 Å². The molecular formula is C13H15BrN2O2S2. The standard InChI is InChI=1S/C13H15BrN2O2S2/c1-16-12-8-20(17,18)7-11(12)15-13(16)19-6-9-2-4-10(14)5-3-9/h2-5,11-12H,6-8H2,1H3/t11-,12-/m0/s1. The fourth-order valence-corrected chi connectivity index (χ4v) is 5.77. The second-order valence-corrected chi connectivity index (χ2v) is 9.16. The number of sulfone groups is 1. The van der Waals surface area contributed by atoms with Crippen molar-refractivity contribution in [3.05, 3.63) is 34.3 Å². The summed E-state index contributed by atoms with van der Waals surface area (Å²) >= 11 is 5.09. The summed E-state index contributed by atoms with van der Waals surface area (Å²) in [6.07, 6.45) is 0. The molecule has 108 valence electrons. The number of hydrogen-bond donors (Lipinski definition) is 0. The average Bonchev–Trinajstić information content (AvgIpc) is 2.83. The second-order valence-electron chi connectivity index (χ2n) is 5.15. The Morgan fingerprint density at radius 3 is 2.70 bits per heavy atom. The van der Waals surface area contributed by atoms with Crippen LogP contribution in [0.4, 0.5) is 0 Å². The Labute approximate surface area is 131 Å². The Kier molecular flexibility index (Phi) is 3.85. The summed E-state index contributed by atoms with van der Waals surface area (Å²) in [6, 6.07) is 8.18. The molecule has 0 N–H and O–H groups in total. The summed E-state index contributed by atoms with van der Waals surface area (Å²) in [5.41, 5.74) is 1.24. The lowest BCUT2D eigenvalue weighted by Crippen LogP contribution is -2.35. The van der Waals surface area contributed by atoms with Crippen LogP contribution in [0.1, 0.15) is 5.56 Å². The highest BCUT2D eigenvalue weighted by Crippen LogP contribution is 2.30. The van der Waals surface area contributed by atoms with Gasteiger partial charge in [0.05, 0.1) is 23.6 Å². The third-order valence-electron chi connectivity index (χ3n) is 3.65. The molecule has 1 fully saturated rings. The highest BCUT2D eigenvalue weighted by Gasteiger charge is 2.44. The third kappa shape index (κ3) is 2.89. The van der Waals surface area contributed by atoms with Crippen molar-refractivity contribution in [2.45, 2.75) is 17.8 Å². The highest BCUT2D eigenvalue weighted by molar-refractivity contribution is 9.10. The van der Waals surface area contributed by atoms with E-state index in [9.17, 15) is 8.42 Å². The number of hydrogen-bond acceptors (Lipinski definition) is 5. The molecule has 2 atom stereocenters.